The fourth-order valence-corrected chi connectivity index (χ4v) is 3.97. The van der Waals surface area contributed by atoms with E-state index >= 15 is 0 Å². The molecule has 32 heavy (non-hydrogen) atoms. The van der Waals surface area contributed by atoms with Gasteiger partial charge in [-0.1, -0.05) is 30.3 Å². The van der Waals surface area contributed by atoms with E-state index in [1.807, 2.05) is 69.4 Å². The Morgan fingerprint density at radius 1 is 1.19 bits per heavy atom. The Morgan fingerprint density at radius 3 is 2.59 bits per heavy atom. The highest BCUT2D eigenvalue weighted by Gasteiger charge is 2.27. The van der Waals surface area contributed by atoms with Crippen LogP contribution in [0.3, 0.4) is 0 Å². The first-order chi connectivity index (χ1) is 15.3. The highest BCUT2D eigenvalue weighted by molar-refractivity contribution is 6.03. The standard InChI is InChI=1S/C26H26N4O2/c1-16-11-23(28-12-17-5-7-18(8-6-17)26(2,3)15-27)29-13-20(16)19-9-10-22(32-4)24-21(19)14-30-25(24)31/h5-11,13H,12,14H2,1-4H3,(H,28,29)(H,30,31). The molecule has 1 amide bonds. The number of fused-ring (bicyclic) bond motifs is 1. The molecule has 6 heteroatoms. The Bertz CT molecular complexity index is 1220. The minimum Gasteiger partial charge on any atom is -0.496 e. The van der Waals surface area contributed by atoms with Crippen molar-refractivity contribution in [2.24, 2.45) is 0 Å². The van der Waals surface area contributed by atoms with Gasteiger partial charge in [0.2, 0.25) is 0 Å². The largest absolute Gasteiger partial charge is 0.496 e. The summed E-state index contributed by atoms with van der Waals surface area (Å²) in [7, 11) is 1.58. The number of hydrogen-bond acceptors (Lipinski definition) is 5. The normalized spacial score (nSPS) is 12.7. The molecule has 3 aromatic rings. The molecular formula is C26H26N4O2. The van der Waals surface area contributed by atoms with Gasteiger partial charge in [-0.25, -0.2) is 4.98 Å². The minimum absolute atomic E-state index is 0.105. The minimum atomic E-state index is -0.498. The van der Waals surface area contributed by atoms with Gasteiger partial charge >= 0.3 is 0 Å². The van der Waals surface area contributed by atoms with Gasteiger partial charge in [-0.3, -0.25) is 4.79 Å². The summed E-state index contributed by atoms with van der Waals surface area (Å²) < 4.78 is 5.37. The van der Waals surface area contributed by atoms with Crippen LogP contribution in [-0.2, 0) is 18.5 Å². The first-order valence-electron chi connectivity index (χ1n) is 10.5. The number of rotatable bonds is 6. The molecule has 0 unspecified atom stereocenters. The molecule has 2 N–H and O–H groups in total. The van der Waals surface area contributed by atoms with Crippen molar-refractivity contribution < 1.29 is 9.53 Å². The van der Waals surface area contributed by atoms with Crippen LogP contribution in [0.5, 0.6) is 5.75 Å². The fraction of sp³-hybridized carbons (Fsp3) is 0.269. The zero-order valence-corrected chi connectivity index (χ0v) is 18.7. The molecule has 162 valence electrons. The maximum absolute atomic E-state index is 12.2. The van der Waals surface area contributed by atoms with E-state index in [1.165, 1.54) is 0 Å². The van der Waals surface area contributed by atoms with Gasteiger partial charge in [0.25, 0.3) is 5.91 Å². The lowest BCUT2D eigenvalue weighted by atomic mass is 9.86. The summed E-state index contributed by atoms with van der Waals surface area (Å²) >= 11 is 0. The second-order valence-corrected chi connectivity index (χ2v) is 8.52. The Balaban J connectivity index is 1.53. The SMILES string of the molecule is COc1ccc(-c2cnc(NCc3ccc(C(C)(C)C#N)cc3)cc2C)c2c1C(=O)NC2. The van der Waals surface area contributed by atoms with Crippen molar-refractivity contribution in [1.29, 1.82) is 5.26 Å². The first-order valence-corrected chi connectivity index (χ1v) is 10.5. The molecule has 0 spiro atoms. The van der Waals surface area contributed by atoms with Gasteiger partial charge in [-0.2, -0.15) is 5.26 Å². The molecule has 1 aromatic heterocycles. The number of ether oxygens (including phenoxy) is 1. The van der Waals surface area contributed by atoms with Crippen LogP contribution in [0.15, 0.2) is 48.7 Å². The average molecular weight is 427 g/mol. The van der Waals surface area contributed by atoms with Gasteiger partial charge in [0.15, 0.2) is 0 Å². The van der Waals surface area contributed by atoms with E-state index in [1.54, 1.807) is 7.11 Å². The lowest BCUT2D eigenvalue weighted by molar-refractivity contribution is 0.0963. The second kappa shape index (κ2) is 8.35. The van der Waals surface area contributed by atoms with Gasteiger partial charge in [0.05, 0.1) is 24.2 Å². The number of aromatic nitrogens is 1. The predicted molar refractivity (Wildman–Crippen MR) is 125 cm³/mol. The van der Waals surface area contributed by atoms with Crippen molar-refractivity contribution >= 4 is 11.7 Å². The lowest BCUT2D eigenvalue weighted by Crippen LogP contribution is -2.13. The monoisotopic (exact) mass is 426 g/mol. The Kier molecular flexibility index (Phi) is 5.58. The Labute approximate surface area is 188 Å². The van der Waals surface area contributed by atoms with Gasteiger partial charge in [-0.15, -0.1) is 0 Å². The number of aryl methyl sites for hydroxylation is 1. The quantitative estimate of drug-likeness (QED) is 0.595. The van der Waals surface area contributed by atoms with E-state index in [9.17, 15) is 10.1 Å². The summed E-state index contributed by atoms with van der Waals surface area (Å²) in [5, 5.41) is 15.5. The molecule has 0 saturated carbocycles. The Hall–Kier alpha value is -3.85. The second-order valence-electron chi connectivity index (χ2n) is 8.52. The number of carbonyl (C=O) groups excluding carboxylic acids is 1. The number of carbonyl (C=O) groups is 1. The molecule has 0 saturated heterocycles. The summed E-state index contributed by atoms with van der Waals surface area (Å²) in [6.45, 7) is 6.99. The molecule has 0 bridgehead atoms. The van der Waals surface area contributed by atoms with Crippen molar-refractivity contribution in [1.82, 2.24) is 10.3 Å². The first kappa shape index (κ1) is 21.4. The number of nitrogens with one attached hydrogen (secondary N) is 2. The summed E-state index contributed by atoms with van der Waals surface area (Å²) in [6, 6.07) is 16.2. The molecule has 0 atom stereocenters. The molecular weight excluding hydrogens is 400 g/mol. The number of hydrogen-bond donors (Lipinski definition) is 2. The van der Waals surface area contributed by atoms with Crippen molar-refractivity contribution in [3.63, 3.8) is 0 Å². The molecule has 2 heterocycles. The van der Waals surface area contributed by atoms with Crippen LogP contribution in [0.2, 0.25) is 0 Å². The molecule has 0 aliphatic carbocycles. The van der Waals surface area contributed by atoms with E-state index in [2.05, 4.69) is 21.7 Å². The lowest BCUT2D eigenvalue weighted by Gasteiger charge is -2.16. The van der Waals surface area contributed by atoms with Crippen LogP contribution < -0.4 is 15.4 Å². The molecule has 6 nitrogen and oxygen atoms in total. The fourth-order valence-electron chi connectivity index (χ4n) is 3.97. The highest BCUT2D eigenvalue weighted by atomic mass is 16.5. The molecule has 1 aliphatic rings. The van der Waals surface area contributed by atoms with Gasteiger partial charge in [-0.05, 0) is 60.7 Å². The van der Waals surface area contributed by atoms with Crippen molar-refractivity contribution in [2.75, 3.05) is 12.4 Å². The van der Waals surface area contributed by atoms with Crippen LogP contribution in [0.25, 0.3) is 11.1 Å². The third-order valence-electron chi connectivity index (χ3n) is 5.98. The average Bonchev–Trinajstić information content (AvgIpc) is 3.19. The zero-order chi connectivity index (χ0) is 22.9. The smallest absolute Gasteiger partial charge is 0.255 e. The number of methoxy groups -OCH3 is 1. The number of anilines is 1. The number of benzene rings is 2. The number of nitriles is 1. The molecule has 4 rings (SSSR count). The predicted octanol–water partition coefficient (Wildman–Crippen LogP) is 4.72. The Morgan fingerprint density at radius 2 is 1.94 bits per heavy atom. The van der Waals surface area contributed by atoms with Gasteiger partial charge in [0.1, 0.15) is 11.6 Å². The van der Waals surface area contributed by atoms with E-state index in [-0.39, 0.29) is 5.91 Å². The third-order valence-corrected chi connectivity index (χ3v) is 5.98. The van der Waals surface area contributed by atoms with E-state index < -0.39 is 5.41 Å². The molecule has 0 fully saturated rings. The molecule has 0 radical (unpaired) electrons. The molecule has 1 aliphatic heterocycles. The summed E-state index contributed by atoms with van der Waals surface area (Å²) in [4.78, 5) is 16.8. The van der Waals surface area contributed by atoms with Crippen molar-refractivity contribution in [3.05, 3.63) is 76.5 Å². The highest BCUT2D eigenvalue weighted by Crippen LogP contribution is 2.36. The van der Waals surface area contributed by atoms with Crippen LogP contribution in [0.4, 0.5) is 5.82 Å². The van der Waals surface area contributed by atoms with Crippen LogP contribution in [-0.4, -0.2) is 18.0 Å². The maximum Gasteiger partial charge on any atom is 0.255 e. The van der Waals surface area contributed by atoms with Gasteiger partial charge in [0, 0.05) is 24.8 Å². The van der Waals surface area contributed by atoms with Crippen LogP contribution >= 0.6 is 0 Å². The van der Waals surface area contributed by atoms with Crippen LogP contribution in [0, 0.1) is 18.3 Å². The van der Waals surface area contributed by atoms with Crippen molar-refractivity contribution in [3.8, 4) is 22.9 Å². The summed E-state index contributed by atoms with van der Waals surface area (Å²) in [6.07, 6.45) is 1.85. The summed E-state index contributed by atoms with van der Waals surface area (Å²) in [5.74, 6) is 1.27. The third kappa shape index (κ3) is 3.90. The summed E-state index contributed by atoms with van der Waals surface area (Å²) in [5.41, 5.74) is 6.23. The zero-order valence-electron chi connectivity index (χ0n) is 18.7. The van der Waals surface area contributed by atoms with Gasteiger partial charge < -0.3 is 15.4 Å². The van der Waals surface area contributed by atoms with Crippen molar-refractivity contribution in [2.45, 2.75) is 39.3 Å². The van der Waals surface area contributed by atoms with Crippen LogP contribution in [0.1, 0.15) is 46.5 Å². The molecule has 2 aromatic carbocycles. The van der Waals surface area contributed by atoms with E-state index in [0.717, 1.165) is 39.2 Å². The number of amides is 1. The maximum atomic E-state index is 12.2. The number of pyridine rings is 1. The topological polar surface area (TPSA) is 87.0 Å². The van der Waals surface area contributed by atoms with E-state index in [4.69, 9.17) is 4.74 Å². The van der Waals surface area contributed by atoms with E-state index in [0.29, 0.717) is 24.4 Å². The number of nitrogens with zero attached hydrogens (tertiary/aromatic N) is 2.